The van der Waals surface area contributed by atoms with Gasteiger partial charge >= 0.3 is 12.4 Å². The fraction of sp³-hybridized carbons (Fsp3) is 0.217. The third-order valence-electron chi connectivity index (χ3n) is 5.51. The molecule has 0 N–H and O–H groups in total. The van der Waals surface area contributed by atoms with Gasteiger partial charge in [0, 0.05) is 5.41 Å². The number of halogens is 6. The van der Waals surface area contributed by atoms with Crippen molar-refractivity contribution in [2.24, 2.45) is 0 Å². The second-order valence-electron chi connectivity index (χ2n) is 7.69. The predicted molar refractivity (Wildman–Crippen MR) is 103 cm³/mol. The average Bonchev–Trinajstić information content (AvgIpc) is 2.67. The Bertz CT molecular complexity index is 1030. The molecule has 0 aliphatic carbocycles. The molecule has 0 aromatic heterocycles. The van der Waals surface area contributed by atoms with Gasteiger partial charge in [-0.2, -0.15) is 26.3 Å². The minimum Gasteiger partial charge on any atom is -0.309 e. The Kier molecular flexibility index (Phi) is 4.42. The molecule has 0 unspecified atom stereocenters. The first-order valence-electron chi connectivity index (χ1n) is 9.20. The molecule has 3 aromatic carbocycles. The molecule has 3 aromatic rings. The first-order valence-corrected chi connectivity index (χ1v) is 9.20. The minimum absolute atomic E-state index is 0.295. The van der Waals surface area contributed by atoms with Crippen LogP contribution in [0.2, 0.25) is 0 Å². The summed E-state index contributed by atoms with van der Waals surface area (Å²) < 4.78 is 83.3. The summed E-state index contributed by atoms with van der Waals surface area (Å²) in [4.78, 5) is 1.10. The summed E-state index contributed by atoms with van der Waals surface area (Å²) in [5.41, 5.74) is -2.29. The fourth-order valence-electron chi connectivity index (χ4n) is 4.15. The predicted octanol–water partition coefficient (Wildman–Crippen LogP) is 7.83. The van der Waals surface area contributed by atoms with Gasteiger partial charge in [-0.25, -0.2) is 0 Å². The van der Waals surface area contributed by atoms with E-state index in [4.69, 9.17) is 0 Å². The SMILES string of the molecule is CC1(C)c2ccccc2N(c2c(C(F)(F)F)cccc2C(F)(F)F)c2ccccc21. The Morgan fingerprint density at radius 1 is 0.600 bits per heavy atom. The van der Waals surface area contributed by atoms with Crippen molar-refractivity contribution in [3.63, 3.8) is 0 Å². The highest BCUT2D eigenvalue weighted by Crippen LogP contribution is 2.55. The summed E-state index contributed by atoms with van der Waals surface area (Å²) in [5, 5.41) is 0. The maximum absolute atomic E-state index is 13.9. The van der Waals surface area contributed by atoms with Crippen molar-refractivity contribution in [1.29, 1.82) is 0 Å². The van der Waals surface area contributed by atoms with Crippen molar-refractivity contribution >= 4 is 17.1 Å². The number of anilines is 3. The maximum atomic E-state index is 13.9. The van der Waals surface area contributed by atoms with Gasteiger partial charge in [0.15, 0.2) is 0 Å². The summed E-state index contributed by atoms with van der Waals surface area (Å²) in [6.45, 7) is 3.81. The van der Waals surface area contributed by atoms with Crippen molar-refractivity contribution in [2.75, 3.05) is 4.90 Å². The highest BCUT2D eigenvalue weighted by atomic mass is 19.4. The van der Waals surface area contributed by atoms with E-state index in [0.717, 1.165) is 11.0 Å². The molecule has 0 fully saturated rings. The van der Waals surface area contributed by atoms with Crippen LogP contribution in [0.3, 0.4) is 0 Å². The van der Waals surface area contributed by atoms with Crippen molar-refractivity contribution in [2.45, 2.75) is 31.6 Å². The molecule has 1 heterocycles. The van der Waals surface area contributed by atoms with Crippen LogP contribution in [0.15, 0.2) is 66.7 Å². The average molecular weight is 421 g/mol. The second kappa shape index (κ2) is 6.52. The third-order valence-corrected chi connectivity index (χ3v) is 5.51. The monoisotopic (exact) mass is 421 g/mol. The van der Waals surface area contributed by atoms with Crippen LogP contribution >= 0.6 is 0 Å². The third kappa shape index (κ3) is 3.04. The molecule has 156 valence electrons. The molecular weight excluding hydrogens is 404 g/mol. The Morgan fingerprint density at radius 3 is 1.40 bits per heavy atom. The number of para-hydroxylation sites is 3. The van der Waals surface area contributed by atoms with Crippen molar-refractivity contribution in [3.8, 4) is 0 Å². The number of rotatable bonds is 1. The van der Waals surface area contributed by atoms with Crippen LogP contribution in [0.1, 0.15) is 36.1 Å². The van der Waals surface area contributed by atoms with E-state index >= 15 is 0 Å². The molecule has 30 heavy (non-hydrogen) atoms. The topological polar surface area (TPSA) is 3.24 Å². The van der Waals surface area contributed by atoms with E-state index in [9.17, 15) is 26.3 Å². The van der Waals surface area contributed by atoms with E-state index in [-0.39, 0.29) is 0 Å². The van der Waals surface area contributed by atoms with Crippen LogP contribution in [0.4, 0.5) is 43.4 Å². The van der Waals surface area contributed by atoms with Gasteiger partial charge in [-0.1, -0.05) is 56.3 Å². The van der Waals surface area contributed by atoms with Crippen molar-refractivity contribution < 1.29 is 26.3 Å². The molecule has 7 heteroatoms. The second-order valence-corrected chi connectivity index (χ2v) is 7.69. The van der Waals surface area contributed by atoms with Crippen molar-refractivity contribution in [1.82, 2.24) is 0 Å². The lowest BCUT2D eigenvalue weighted by atomic mass is 9.73. The number of hydrogen-bond donors (Lipinski definition) is 0. The van der Waals surface area contributed by atoms with E-state index in [2.05, 4.69) is 0 Å². The largest absolute Gasteiger partial charge is 0.418 e. The number of alkyl halides is 6. The van der Waals surface area contributed by atoms with Crippen LogP contribution in [0.25, 0.3) is 0 Å². The van der Waals surface area contributed by atoms with Crippen molar-refractivity contribution in [3.05, 3.63) is 89.0 Å². The molecule has 0 saturated carbocycles. The zero-order valence-electron chi connectivity index (χ0n) is 16.1. The van der Waals surface area contributed by atoms with Gasteiger partial charge in [-0.3, -0.25) is 0 Å². The zero-order valence-corrected chi connectivity index (χ0v) is 16.1. The molecule has 0 amide bonds. The Labute approximate surface area is 169 Å². The van der Waals surface area contributed by atoms with Crippen LogP contribution in [-0.2, 0) is 17.8 Å². The van der Waals surface area contributed by atoms with Gasteiger partial charge in [0.25, 0.3) is 0 Å². The number of benzene rings is 3. The van der Waals surface area contributed by atoms with Gasteiger partial charge in [0.2, 0.25) is 0 Å². The normalized spacial score (nSPS) is 15.5. The van der Waals surface area contributed by atoms with E-state index in [1.807, 2.05) is 13.8 Å². The molecule has 0 saturated heterocycles. The van der Waals surface area contributed by atoms with E-state index in [1.165, 1.54) is 0 Å². The highest BCUT2D eigenvalue weighted by Gasteiger charge is 2.45. The molecule has 0 spiro atoms. The smallest absolute Gasteiger partial charge is 0.309 e. The van der Waals surface area contributed by atoms with E-state index in [0.29, 0.717) is 34.6 Å². The lowest BCUT2D eigenvalue weighted by Crippen LogP contribution is -2.32. The summed E-state index contributed by atoms with van der Waals surface area (Å²) in [7, 11) is 0. The maximum Gasteiger partial charge on any atom is 0.418 e. The molecule has 0 bridgehead atoms. The van der Waals surface area contributed by atoms with Crippen LogP contribution in [-0.4, -0.2) is 0 Å². The summed E-state index contributed by atoms with van der Waals surface area (Å²) >= 11 is 0. The van der Waals surface area contributed by atoms with Gasteiger partial charge in [0.1, 0.15) is 0 Å². The first kappa shape index (κ1) is 20.3. The Hall–Kier alpha value is -2.96. The number of nitrogens with zero attached hydrogens (tertiary/aromatic N) is 1. The molecule has 1 aliphatic rings. The molecular formula is C23H17F6N. The Morgan fingerprint density at radius 2 is 1.00 bits per heavy atom. The summed E-state index contributed by atoms with van der Waals surface area (Å²) in [5.74, 6) is 0. The highest BCUT2D eigenvalue weighted by molar-refractivity contribution is 5.88. The fourth-order valence-corrected chi connectivity index (χ4v) is 4.15. The molecule has 1 aliphatic heterocycles. The molecule has 4 rings (SSSR count). The molecule has 0 radical (unpaired) electrons. The lowest BCUT2D eigenvalue weighted by Gasteiger charge is -2.43. The molecule has 0 atom stereocenters. The lowest BCUT2D eigenvalue weighted by molar-refractivity contribution is -0.141. The first-order chi connectivity index (χ1) is 13.9. The van der Waals surface area contributed by atoms with Gasteiger partial charge < -0.3 is 4.90 Å². The summed E-state index contributed by atoms with van der Waals surface area (Å²) in [6.07, 6.45) is -9.93. The van der Waals surface area contributed by atoms with Gasteiger partial charge in [-0.05, 0) is 35.4 Å². The number of hydrogen-bond acceptors (Lipinski definition) is 1. The molecule has 1 nitrogen and oxygen atoms in total. The quantitative estimate of drug-likeness (QED) is 0.362. The Balaban J connectivity index is 2.16. The minimum atomic E-state index is -4.96. The van der Waals surface area contributed by atoms with E-state index < -0.39 is 34.6 Å². The van der Waals surface area contributed by atoms with Crippen LogP contribution in [0.5, 0.6) is 0 Å². The van der Waals surface area contributed by atoms with E-state index in [1.54, 1.807) is 48.5 Å². The van der Waals surface area contributed by atoms with Crippen LogP contribution < -0.4 is 4.90 Å². The van der Waals surface area contributed by atoms with Gasteiger partial charge in [0.05, 0.1) is 28.2 Å². The van der Waals surface area contributed by atoms with Gasteiger partial charge in [-0.15, -0.1) is 0 Å². The van der Waals surface area contributed by atoms with Crippen LogP contribution in [0, 0.1) is 0 Å². The zero-order chi connectivity index (χ0) is 21.9. The number of fused-ring (bicyclic) bond motifs is 2. The standard InChI is InChI=1S/C23H17F6N/c1-21(2)14-8-3-5-12-18(14)30(19-13-6-4-9-15(19)21)20-16(22(24,25)26)10-7-11-17(20)23(27,28)29/h3-13H,1-2H3. The summed E-state index contributed by atoms with van der Waals surface area (Å²) in [6, 6.07) is 15.4.